The van der Waals surface area contributed by atoms with Crippen molar-refractivity contribution < 1.29 is 0 Å². The molecule has 0 bridgehead atoms. The molecule has 1 fully saturated rings. The van der Waals surface area contributed by atoms with Crippen LogP contribution in [0.5, 0.6) is 0 Å². The molecule has 21 heavy (non-hydrogen) atoms. The standard InChI is InChI=1S/C17H28N4/c1-20(2)14-16-9-7-15(8-10-16)13-19-17(18)21-11-5-3-4-6-12-21/h7-10H,3-6,11-14H2,1-2H3,(H2,18,19). The molecule has 0 unspecified atom stereocenters. The summed E-state index contributed by atoms with van der Waals surface area (Å²) < 4.78 is 0. The second-order valence-electron chi connectivity index (χ2n) is 6.13. The van der Waals surface area contributed by atoms with Crippen molar-refractivity contribution in [1.82, 2.24) is 9.80 Å². The van der Waals surface area contributed by atoms with Crippen LogP contribution in [0.2, 0.25) is 0 Å². The first kappa shape index (κ1) is 15.8. The van der Waals surface area contributed by atoms with Crippen molar-refractivity contribution in [2.24, 2.45) is 10.7 Å². The van der Waals surface area contributed by atoms with Gasteiger partial charge < -0.3 is 15.5 Å². The van der Waals surface area contributed by atoms with E-state index < -0.39 is 0 Å². The largest absolute Gasteiger partial charge is 0.370 e. The fraction of sp³-hybridized carbons (Fsp3) is 0.588. The van der Waals surface area contributed by atoms with E-state index in [1.807, 2.05) is 0 Å². The SMILES string of the molecule is CN(C)Cc1ccc(CN=C(N)N2CCCCCC2)cc1. The number of likely N-dealkylation sites (tertiary alicyclic amines) is 1. The first-order valence-corrected chi connectivity index (χ1v) is 7.92. The van der Waals surface area contributed by atoms with Gasteiger partial charge in [-0.2, -0.15) is 0 Å². The lowest BCUT2D eigenvalue weighted by Gasteiger charge is -2.21. The van der Waals surface area contributed by atoms with Crippen LogP contribution < -0.4 is 5.73 Å². The van der Waals surface area contributed by atoms with E-state index in [4.69, 9.17) is 5.73 Å². The number of benzene rings is 1. The summed E-state index contributed by atoms with van der Waals surface area (Å²) in [6, 6.07) is 8.65. The third-order valence-electron chi connectivity index (χ3n) is 3.88. The van der Waals surface area contributed by atoms with Crippen LogP contribution in [0.15, 0.2) is 29.3 Å². The normalized spacial score (nSPS) is 17.1. The number of aliphatic imine (C=N–C) groups is 1. The van der Waals surface area contributed by atoms with Crippen molar-refractivity contribution in [2.45, 2.75) is 38.8 Å². The van der Waals surface area contributed by atoms with Crippen molar-refractivity contribution in [3.8, 4) is 0 Å². The zero-order chi connectivity index (χ0) is 15.1. The highest BCUT2D eigenvalue weighted by Gasteiger charge is 2.10. The van der Waals surface area contributed by atoms with Crippen molar-refractivity contribution >= 4 is 5.96 Å². The summed E-state index contributed by atoms with van der Waals surface area (Å²) in [7, 11) is 4.17. The number of nitrogens with two attached hydrogens (primary N) is 1. The zero-order valence-corrected chi connectivity index (χ0v) is 13.4. The van der Waals surface area contributed by atoms with Crippen molar-refractivity contribution in [2.75, 3.05) is 27.2 Å². The van der Waals surface area contributed by atoms with E-state index in [1.54, 1.807) is 0 Å². The van der Waals surface area contributed by atoms with Crippen molar-refractivity contribution in [3.63, 3.8) is 0 Å². The molecule has 1 saturated heterocycles. The predicted octanol–water partition coefficient (Wildman–Crippen LogP) is 2.44. The molecule has 1 heterocycles. The molecule has 0 aliphatic carbocycles. The Kier molecular flexibility index (Phi) is 6.05. The monoisotopic (exact) mass is 288 g/mol. The fourth-order valence-electron chi connectivity index (χ4n) is 2.69. The molecule has 2 rings (SSSR count). The van der Waals surface area contributed by atoms with Crippen LogP contribution in [0, 0.1) is 0 Å². The summed E-state index contributed by atoms with van der Waals surface area (Å²) >= 11 is 0. The third-order valence-corrected chi connectivity index (χ3v) is 3.88. The Balaban J connectivity index is 1.89. The molecular weight excluding hydrogens is 260 g/mol. The van der Waals surface area contributed by atoms with E-state index in [9.17, 15) is 0 Å². The van der Waals surface area contributed by atoms with Crippen LogP contribution >= 0.6 is 0 Å². The third kappa shape index (κ3) is 5.38. The van der Waals surface area contributed by atoms with E-state index in [1.165, 1.54) is 36.8 Å². The summed E-state index contributed by atoms with van der Waals surface area (Å²) in [5.41, 5.74) is 8.68. The van der Waals surface area contributed by atoms with Crippen LogP contribution in [-0.4, -0.2) is 42.9 Å². The van der Waals surface area contributed by atoms with Crippen LogP contribution in [-0.2, 0) is 13.1 Å². The van der Waals surface area contributed by atoms with Crippen LogP contribution in [0.4, 0.5) is 0 Å². The van der Waals surface area contributed by atoms with Crippen LogP contribution in [0.25, 0.3) is 0 Å². The highest BCUT2D eigenvalue weighted by Crippen LogP contribution is 2.10. The minimum absolute atomic E-state index is 0.671. The Labute approximate surface area is 128 Å². The molecule has 116 valence electrons. The van der Waals surface area contributed by atoms with Crippen molar-refractivity contribution in [3.05, 3.63) is 35.4 Å². The molecule has 1 aromatic rings. The summed E-state index contributed by atoms with van der Waals surface area (Å²) in [6.45, 7) is 3.75. The molecule has 0 spiro atoms. The molecule has 1 aromatic carbocycles. The van der Waals surface area contributed by atoms with Gasteiger partial charge in [0.05, 0.1) is 6.54 Å². The van der Waals surface area contributed by atoms with Gasteiger partial charge in [-0.15, -0.1) is 0 Å². The van der Waals surface area contributed by atoms with E-state index >= 15 is 0 Å². The summed E-state index contributed by atoms with van der Waals surface area (Å²) in [5, 5.41) is 0. The van der Waals surface area contributed by atoms with Gasteiger partial charge in [-0.25, -0.2) is 4.99 Å². The van der Waals surface area contributed by atoms with Gasteiger partial charge in [0, 0.05) is 19.6 Å². The maximum atomic E-state index is 6.13. The molecule has 4 heteroatoms. The van der Waals surface area contributed by atoms with Crippen LogP contribution in [0.3, 0.4) is 0 Å². The lowest BCUT2D eigenvalue weighted by molar-refractivity contribution is 0.402. The Morgan fingerprint density at radius 1 is 1.05 bits per heavy atom. The summed E-state index contributed by atoms with van der Waals surface area (Å²) in [5.74, 6) is 0.703. The smallest absolute Gasteiger partial charge is 0.191 e. The Morgan fingerprint density at radius 2 is 1.62 bits per heavy atom. The van der Waals surface area contributed by atoms with E-state index in [0.717, 1.165) is 19.6 Å². The van der Waals surface area contributed by atoms with Gasteiger partial charge in [-0.05, 0) is 38.1 Å². The van der Waals surface area contributed by atoms with Gasteiger partial charge >= 0.3 is 0 Å². The lowest BCUT2D eigenvalue weighted by Crippen LogP contribution is -2.38. The molecule has 0 amide bonds. The van der Waals surface area contributed by atoms with Gasteiger partial charge in [-0.3, -0.25) is 0 Å². The molecule has 2 N–H and O–H groups in total. The van der Waals surface area contributed by atoms with Crippen LogP contribution in [0.1, 0.15) is 36.8 Å². The molecule has 4 nitrogen and oxygen atoms in total. The molecule has 0 radical (unpaired) electrons. The van der Waals surface area contributed by atoms with Gasteiger partial charge in [0.25, 0.3) is 0 Å². The Morgan fingerprint density at radius 3 is 2.19 bits per heavy atom. The molecule has 1 aliphatic heterocycles. The van der Waals surface area contributed by atoms with E-state index in [-0.39, 0.29) is 0 Å². The average molecular weight is 288 g/mol. The summed E-state index contributed by atoms with van der Waals surface area (Å²) in [4.78, 5) is 8.96. The van der Waals surface area contributed by atoms with Gasteiger partial charge in [-0.1, -0.05) is 37.1 Å². The first-order chi connectivity index (χ1) is 10.1. The number of rotatable bonds is 4. The topological polar surface area (TPSA) is 44.9 Å². The second-order valence-corrected chi connectivity index (χ2v) is 6.13. The zero-order valence-electron chi connectivity index (χ0n) is 13.4. The van der Waals surface area contributed by atoms with E-state index in [0.29, 0.717) is 12.5 Å². The Bertz CT molecular complexity index is 442. The number of guanidine groups is 1. The van der Waals surface area contributed by atoms with E-state index in [2.05, 4.69) is 53.2 Å². The second kappa shape index (κ2) is 8.03. The molecule has 0 saturated carbocycles. The van der Waals surface area contributed by atoms with Gasteiger partial charge in [0.1, 0.15) is 0 Å². The maximum Gasteiger partial charge on any atom is 0.191 e. The Hall–Kier alpha value is -1.55. The molecule has 1 aliphatic rings. The predicted molar refractivity (Wildman–Crippen MR) is 89.2 cm³/mol. The molecule has 0 atom stereocenters. The number of hydrogen-bond acceptors (Lipinski definition) is 2. The lowest BCUT2D eigenvalue weighted by atomic mass is 10.1. The quantitative estimate of drug-likeness (QED) is 0.683. The van der Waals surface area contributed by atoms with Gasteiger partial charge in [0.2, 0.25) is 0 Å². The fourth-order valence-corrected chi connectivity index (χ4v) is 2.69. The minimum atomic E-state index is 0.671. The maximum absolute atomic E-state index is 6.13. The van der Waals surface area contributed by atoms with Gasteiger partial charge in [0.15, 0.2) is 5.96 Å². The summed E-state index contributed by atoms with van der Waals surface area (Å²) in [6.07, 6.45) is 5.10. The molecule has 0 aromatic heterocycles. The minimum Gasteiger partial charge on any atom is -0.370 e. The number of nitrogens with zero attached hydrogens (tertiary/aromatic N) is 3. The van der Waals surface area contributed by atoms with Crippen molar-refractivity contribution in [1.29, 1.82) is 0 Å². The highest BCUT2D eigenvalue weighted by molar-refractivity contribution is 5.78. The highest BCUT2D eigenvalue weighted by atomic mass is 15.2. The molecular formula is C17H28N4. The average Bonchev–Trinajstić information content (AvgIpc) is 2.75. The first-order valence-electron chi connectivity index (χ1n) is 7.92. The number of hydrogen-bond donors (Lipinski definition) is 1.